The van der Waals surface area contributed by atoms with Gasteiger partial charge in [0.05, 0.1) is 11.9 Å². The van der Waals surface area contributed by atoms with Crippen LogP contribution in [0.25, 0.3) is 16.9 Å². The Kier molecular flexibility index (Phi) is 3.29. The van der Waals surface area contributed by atoms with Crippen molar-refractivity contribution in [2.24, 2.45) is 5.92 Å². The largest absolute Gasteiger partial charge is 0.356 e. The van der Waals surface area contributed by atoms with E-state index in [4.69, 9.17) is 4.98 Å². The Morgan fingerprint density at radius 3 is 2.82 bits per heavy atom. The van der Waals surface area contributed by atoms with E-state index < -0.39 is 0 Å². The highest BCUT2D eigenvalue weighted by atomic mass is 15.3. The molecule has 1 fully saturated rings. The molecule has 0 aliphatic carbocycles. The molecule has 0 amide bonds. The minimum absolute atomic E-state index is 0.791. The molecule has 0 N–H and O–H groups in total. The highest BCUT2D eigenvalue weighted by Crippen LogP contribution is 2.29. The Balaban J connectivity index is 1.81. The smallest absolute Gasteiger partial charge is 0.157 e. The zero-order valence-corrected chi connectivity index (χ0v) is 12.8. The number of nitrogens with zero attached hydrogens (tertiary/aromatic N) is 4. The molecule has 4 rings (SSSR count). The van der Waals surface area contributed by atoms with Crippen molar-refractivity contribution in [1.29, 1.82) is 0 Å². The summed E-state index contributed by atoms with van der Waals surface area (Å²) in [5.41, 5.74) is 3.08. The van der Waals surface area contributed by atoms with Crippen LogP contribution in [0.5, 0.6) is 0 Å². The van der Waals surface area contributed by atoms with Crippen LogP contribution in [0, 0.1) is 5.92 Å². The Labute approximate surface area is 130 Å². The SMILES string of the molecule is CCC1CCN(c2cc(-c3ccccc3)nc3ccnn23)C1. The molecule has 1 aromatic carbocycles. The second-order valence-electron chi connectivity index (χ2n) is 5.98. The summed E-state index contributed by atoms with van der Waals surface area (Å²) in [6, 6.07) is 14.5. The fourth-order valence-corrected chi connectivity index (χ4v) is 3.25. The molecular formula is C18H20N4. The predicted molar refractivity (Wildman–Crippen MR) is 89.0 cm³/mol. The minimum Gasteiger partial charge on any atom is -0.356 e. The molecule has 0 bridgehead atoms. The standard InChI is InChI=1S/C18H20N4/c1-2-14-9-11-21(13-14)18-12-16(15-6-4-3-5-7-15)20-17-8-10-19-22(17)18/h3-8,10,12,14H,2,9,11,13H2,1H3. The molecule has 112 valence electrons. The summed E-state index contributed by atoms with van der Waals surface area (Å²) in [6.45, 7) is 4.50. The summed E-state index contributed by atoms with van der Waals surface area (Å²) in [7, 11) is 0. The van der Waals surface area contributed by atoms with Gasteiger partial charge in [-0.05, 0) is 12.3 Å². The van der Waals surface area contributed by atoms with Gasteiger partial charge in [0, 0.05) is 30.8 Å². The van der Waals surface area contributed by atoms with Gasteiger partial charge in [-0.2, -0.15) is 9.61 Å². The molecule has 4 heteroatoms. The first-order chi connectivity index (χ1) is 10.8. The van der Waals surface area contributed by atoms with Gasteiger partial charge in [0.25, 0.3) is 0 Å². The van der Waals surface area contributed by atoms with Gasteiger partial charge < -0.3 is 4.90 Å². The Morgan fingerprint density at radius 2 is 2.05 bits per heavy atom. The van der Waals surface area contributed by atoms with Crippen molar-refractivity contribution in [3.8, 4) is 11.3 Å². The topological polar surface area (TPSA) is 33.4 Å². The maximum Gasteiger partial charge on any atom is 0.157 e. The monoisotopic (exact) mass is 292 g/mol. The zero-order chi connectivity index (χ0) is 14.9. The summed E-state index contributed by atoms with van der Waals surface area (Å²) in [5.74, 6) is 1.95. The van der Waals surface area contributed by atoms with Crippen molar-refractivity contribution in [1.82, 2.24) is 14.6 Å². The zero-order valence-electron chi connectivity index (χ0n) is 12.8. The van der Waals surface area contributed by atoms with E-state index >= 15 is 0 Å². The van der Waals surface area contributed by atoms with Gasteiger partial charge in [-0.3, -0.25) is 0 Å². The highest BCUT2D eigenvalue weighted by molar-refractivity contribution is 5.67. The summed E-state index contributed by atoms with van der Waals surface area (Å²) in [4.78, 5) is 7.20. The molecule has 0 spiro atoms. The van der Waals surface area contributed by atoms with E-state index in [1.54, 1.807) is 0 Å². The highest BCUT2D eigenvalue weighted by Gasteiger charge is 2.24. The van der Waals surface area contributed by atoms with Gasteiger partial charge in [0.15, 0.2) is 5.65 Å². The van der Waals surface area contributed by atoms with Crippen LogP contribution in [0.1, 0.15) is 19.8 Å². The van der Waals surface area contributed by atoms with Crippen molar-refractivity contribution in [2.45, 2.75) is 19.8 Å². The van der Waals surface area contributed by atoms with Crippen molar-refractivity contribution in [3.05, 3.63) is 48.7 Å². The average Bonchev–Trinajstić information content (AvgIpc) is 3.23. The van der Waals surface area contributed by atoms with Crippen LogP contribution in [-0.2, 0) is 0 Å². The first kappa shape index (κ1) is 13.3. The van der Waals surface area contributed by atoms with Crippen LogP contribution < -0.4 is 4.90 Å². The number of aromatic nitrogens is 3. The quantitative estimate of drug-likeness (QED) is 0.739. The molecule has 1 atom stereocenters. The summed E-state index contributed by atoms with van der Waals surface area (Å²) in [6.07, 6.45) is 4.34. The third-order valence-corrected chi connectivity index (χ3v) is 4.60. The Bertz CT molecular complexity index is 778. The minimum atomic E-state index is 0.791. The summed E-state index contributed by atoms with van der Waals surface area (Å²) >= 11 is 0. The number of rotatable bonds is 3. The van der Waals surface area contributed by atoms with Gasteiger partial charge in [-0.1, -0.05) is 43.7 Å². The van der Waals surface area contributed by atoms with E-state index in [1.165, 1.54) is 12.8 Å². The number of benzene rings is 1. The molecule has 2 aromatic heterocycles. The number of fused-ring (bicyclic) bond motifs is 1. The molecule has 0 saturated carbocycles. The fourth-order valence-electron chi connectivity index (χ4n) is 3.25. The first-order valence-electron chi connectivity index (χ1n) is 8.00. The van der Waals surface area contributed by atoms with Crippen LogP contribution in [0.2, 0.25) is 0 Å². The van der Waals surface area contributed by atoms with Crippen molar-refractivity contribution >= 4 is 11.5 Å². The van der Waals surface area contributed by atoms with E-state index in [1.807, 2.05) is 22.8 Å². The van der Waals surface area contributed by atoms with Crippen LogP contribution in [0.4, 0.5) is 5.82 Å². The van der Waals surface area contributed by atoms with Gasteiger partial charge in [0.1, 0.15) is 5.82 Å². The van der Waals surface area contributed by atoms with Gasteiger partial charge in [0.2, 0.25) is 0 Å². The molecule has 0 radical (unpaired) electrons. The molecule has 1 aliphatic rings. The van der Waals surface area contributed by atoms with Crippen LogP contribution in [-0.4, -0.2) is 27.7 Å². The summed E-state index contributed by atoms with van der Waals surface area (Å²) < 4.78 is 1.96. The second kappa shape index (κ2) is 5.44. The van der Waals surface area contributed by atoms with Gasteiger partial charge in [-0.25, -0.2) is 4.98 Å². The van der Waals surface area contributed by atoms with Gasteiger partial charge >= 0.3 is 0 Å². The third-order valence-electron chi connectivity index (χ3n) is 4.60. The Morgan fingerprint density at radius 1 is 1.18 bits per heavy atom. The van der Waals surface area contributed by atoms with Crippen LogP contribution in [0.15, 0.2) is 48.7 Å². The number of hydrogen-bond acceptors (Lipinski definition) is 3. The lowest BCUT2D eigenvalue weighted by atomic mass is 10.1. The number of anilines is 1. The molecule has 1 saturated heterocycles. The fraction of sp³-hybridized carbons (Fsp3) is 0.333. The molecule has 22 heavy (non-hydrogen) atoms. The molecular weight excluding hydrogens is 272 g/mol. The van der Waals surface area contributed by atoms with E-state index in [-0.39, 0.29) is 0 Å². The first-order valence-corrected chi connectivity index (χ1v) is 8.00. The lowest BCUT2D eigenvalue weighted by Gasteiger charge is -2.20. The van der Waals surface area contributed by atoms with E-state index in [2.05, 4.69) is 47.3 Å². The molecule has 1 aliphatic heterocycles. The average molecular weight is 292 g/mol. The Hall–Kier alpha value is -2.36. The van der Waals surface area contributed by atoms with Crippen molar-refractivity contribution in [3.63, 3.8) is 0 Å². The second-order valence-corrected chi connectivity index (χ2v) is 5.98. The van der Waals surface area contributed by atoms with E-state index in [0.29, 0.717) is 0 Å². The van der Waals surface area contributed by atoms with E-state index in [9.17, 15) is 0 Å². The summed E-state index contributed by atoms with van der Waals surface area (Å²) in [5, 5.41) is 4.46. The molecule has 3 aromatic rings. The maximum atomic E-state index is 4.75. The van der Waals surface area contributed by atoms with Crippen LogP contribution in [0.3, 0.4) is 0 Å². The van der Waals surface area contributed by atoms with Crippen molar-refractivity contribution < 1.29 is 0 Å². The van der Waals surface area contributed by atoms with Crippen LogP contribution >= 0.6 is 0 Å². The molecule has 3 heterocycles. The van der Waals surface area contributed by atoms with Crippen molar-refractivity contribution in [2.75, 3.05) is 18.0 Å². The molecule has 4 nitrogen and oxygen atoms in total. The third kappa shape index (κ3) is 2.25. The number of hydrogen-bond donors (Lipinski definition) is 0. The lowest BCUT2D eigenvalue weighted by molar-refractivity contribution is 0.568. The lowest BCUT2D eigenvalue weighted by Crippen LogP contribution is -2.22. The van der Waals surface area contributed by atoms with Gasteiger partial charge in [-0.15, -0.1) is 0 Å². The predicted octanol–water partition coefficient (Wildman–Crippen LogP) is 3.63. The van der Waals surface area contributed by atoms with E-state index in [0.717, 1.165) is 41.7 Å². The normalized spacial score (nSPS) is 18.2. The molecule has 1 unspecified atom stereocenters. The maximum absolute atomic E-state index is 4.75.